The maximum atomic E-state index is 12.2. The smallest absolute Gasteiger partial charge is 0.321 e. The fourth-order valence-electron chi connectivity index (χ4n) is 2.11. The van der Waals surface area contributed by atoms with Crippen LogP contribution in [-0.4, -0.2) is 48.0 Å². The van der Waals surface area contributed by atoms with Crippen LogP contribution in [0.25, 0.3) is 0 Å². The number of carbonyl (C=O) groups excluding carboxylic acids is 1. The summed E-state index contributed by atoms with van der Waals surface area (Å²) in [6.45, 7) is 1.92. The van der Waals surface area contributed by atoms with E-state index in [1.54, 1.807) is 25.3 Å². The van der Waals surface area contributed by atoms with E-state index in [2.05, 4.69) is 10.4 Å². The largest absolute Gasteiger partial charge is 0.385 e. The van der Waals surface area contributed by atoms with Crippen molar-refractivity contribution < 1.29 is 9.53 Å². The highest BCUT2D eigenvalue weighted by Gasteiger charge is 2.11. The number of hydrogen-bond acceptors (Lipinski definition) is 3. The number of rotatable bonds is 7. The van der Waals surface area contributed by atoms with Crippen LogP contribution in [0.2, 0.25) is 0 Å². The van der Waals surface area contributed by atoms with Crippen LogP contribution in [0.1, 0.15) is 12.0 Å². The molecular formula is C16H22N4O2. The summed E-state index contributed by atoms with van der Waals surface area (Å²) in [4.78, 5) is 13.9. The Balaban J connectivity index is 1.98. The number of para-hydroxylation sites is 1. The third-order valence-electron chi connectivity index (χ3n) is 3.34. The molecule has 2 rings (SSSR count). The lowest BCUT2D eigenvalue weighted by Gasteiger charge is -2.19. The summed E-state index contributed by atoms with van der Waals surface area (Å²) in [6, 6.07) is 9.51. The second kappa shape index (κ2) is 8.19. The van der Waals surface area contributed by atoms with Crippen LogP contribution in [0.5, 0.6) is 0 Å². The van der Waals surface area contributed by atoms with Crippen LogP contribution in [-0.2, 0) is 11.3 Å². The maximum Gasteiger partial charge on any atom is 0.321 e. The van der Waals surface area contributed by atoms with Gasteiger partial charge in [0.25, 0.3) is 0 Å². The van der Waals surface area contributed by atoms with Crippen LogP contribution in [0.4, 0.5) is 10.5 Å². The molecule has 0 bridgehead atoms. The number of aromatic nitrogens is 2. The number of hydrogen-bond donors (Lipinski definition) is 1. The molecular weight excluding hydrogens is 280 g/mol. The van der Waals surface area contributed by atoms with Crippen molar-refractivity contribution in [1.29, 1.82) is 0 Å². The van der Waals surface area contributed by atoms with Gasteiger partial charge in [-0.2, -0.15) is 5.10 Å². The summed E-state index contributed by atoms with van der Waals surface area (Å²) in [5.74, 6) is 0. The molecule has 0 aliphatic carbocycles. The summed E-state index contributed by atoms with van der Waals surface area (Å²) < 4.78 is 6.83. The number of carbonyl (C=O) groups is 1. The monoisotopic (exact) mass is 302 g/mol. The second-order valence-corrected chi connectivity index (χ2v) is 5.06. The SMILES string of the molecule is COCCCN(C)C(=O)Nc1ccccc1Cn1cccn1. The number of methoxy groups -OCH3 is 1. The van der Waals surface area contributed by atoms with Gasteiger partial charge in [-0.3, -0.25) is 4.68 Å². The molecule has 1 aromatic carbocycles. The van der Waals surface area contributed by atoms with Gasteiger partial charge < -0.3 is 15.0 Å². The third kappa shape index (κ3) is 4.60. The molecule has 22 heavy (non-hydrogen) atoms. The van der Waals surface area contributed by atoms with Crippen LogP contribution in [0.15, 0.2) is 42.7 Å². The first-order valence-corrected chi connectivity index (χ1v) is 7.27. The van der Waals surface area contributed by atoms with E-state index in [4.69, 9.17) is 4.74 Å². The Kier molecular flexibility index (Phi) is 5.97. The highest BCUT2D eigenvalue weighted by atomic mass is 16.5. The summed E-state index contributed by atoms with van der Waals surface area (Å²) in [5.41, 5.74) is 1.83. The van der Waals surface area contributed by atoms with Crippen LogP contribution in [0, 0.1) is 0 Å². The van der Waals surface area contributed by atoms with Crippen molar-refractivity contribution in [2.45, 2.75) is 13.0 Å². The van der Waals surface area contributed by atoms with E-state index < -0.39 is 0 Å². The van der Waals surface area contributed by atoms with E-state index in [-0.39, 0.29) is 6.03 Å². The van der Waals surface area contributed by atoms with Crippen molar-refractivity contribution in [1.82, 2.24) is 14.7 Å². The Hall–Kier alpha value is -2.34. The molecule has 0 radical (unpaired) electrons. The molecule has 0 fully saturated rings. The molecule has 2 amide bonds. The van der Waals surface area contributed by atoms with E-state index in [0.717, 1.165) is 17.7 Å². The minimum absolute atomic E-state index is 0.121. The summed E-state index contributed by atoms with van der Waals surface area (Å²) in [6.07, 6.45) is 4.45. The molecule has 0 atom stereocenters. The zero-order valence-corrected chi connectivity index (χ0v) is 13.0. The number of amides is 2. The molecule has 6 heteroatoms. The average Bonchev–Trinajstić information content (AvgIpc) is 3.02. The molecule has 0 saturated carbocycles. The number of nitrogens with one attached hydrogen (secondary N) is 1. The van der Waals surface area contributed by atoms with Crippen molar-refractivity contribution >= 4 is 11.7 Å². The first-order chi connectivity index (χ1) is 10.7. The van der Waals surface area contributed by atoms with Crippen LogP contribution < -0.4 is 5.32 Å². The van der Waals surface area contributed by atoms with E-state index in [1.807, 2.05) is 41.2 Å². The molecule has 1 aromatic heterocycles. The molecule has 118 valence electrons. The Labute approximate surface area is 130 Å². The van der Waals surface area contributed by atoms with Gasteiger partial charge in [0.2, 0.25) is 0 Å². The van der Waals surface area contributed by atoms with Crippen LogP contribution >= 0.6 is 0 Å². The average molecular weight is 302 g/mol. The topological polar surface area (TPSA) is 59.4 Å². The summed E-state index contributed by atoms with van der Waals surface area (Å²) >= 11 is 0. The van der Waals surface area contributed by atoms with Crippen molar-refractivity contribution in [3.63, 3.8) is 0 Å². The maximum absolute atomic E-state index is 12.2. The van der Waals surface area contributed by atoms with Gasteiger partial charge in [-0.05, 0) is 24.1 Å². The number of urea groups is 1. The Morgan fingerprint density at radius 1 is 1.36 bits per heavy atom. The first-order valence-electron chi connectivity index (χ1n) is 7.27. The molecule has 0 aliphatic rings. The summed E-state index contributed by atoms with van der Waals surface area (Å²) in [7, 11) is 3.44. The first kappa shape index (κ1) is 16.0. The summed E-state index contributed by atoms with van der Waals surface area (Å²) in [5, 5.41) is 7.15. The highest BCUT2D eigenvalue weighted by Crippen LogP contribution is 2.16. The van der Waals surface area contributed by atoms with Gasteiger partial charge in [0.05, 0.1) is 6.54 Å². The molecule has 0 saturated heterocycles. The Morgan fingerprint density at radius 2 is 2.18 bits per heavy atom. The molecule has 1 heterocycles. The molecule has 1 N–H and O–H groups in total. The quantitative estimate of drug-likeness (QED) is 0.799. The molecule has 2 aromatic rings. The number of nitrogens with zero attached hydrogens (tertiary/aromatic N) is 3. The molecule has 0 aliphatic heterocycles. The van der Waals surface area contributed by atoms with E-state index >= 15 is 0 Å². The van der Waals surface area contributed by atoms with E-state index in [0.29, 0.717) is 19.7 Å². The van der Waals surface area contributed by atoms with Crippen molar-refractivity contribution in [3.8, 4) is 0 Å². The fraction of sp³-hybridized carbons (Fsp3) is 0.375. The van der Waals surface area contributed by atoms with Crippen LogP contribution in [0.3, 0.4) is 0 Å². The molecule has 0 spiro atoms. The highest BCUT2D eigenvalue weighted by molar-refractivity contribution is 5.89. The van der Waals surface area contributed by atoms with Gasteiger partial charge in [0, 0.05) is 45.4 Å². The number of anilines is 1. The van der Waals surface area contributed by atoms with E-state index in [1.165, 1.54) is 0 Å². The van der Waals surface area contributed by atoms with Crippen molar-refractivity contribution in [3.05, 3.63) is 48.3 Å². The normalized spacial score (nSPS) is 10.5. The van der Waals surface area contributed by atoms with Gasteiger partial charge >= 0.3 is 6.03 Å². The third-order valence-corrected chi connectivity index (χ3v) is 3.34. The Bertz CT molecular complexity index is 584. The fourth-order valence-corrected chi connectivity index (χ4v) is 2.11. The van der Waals surface area contributed by atoms with Gasteiger partial charge in [0.15, 0.2) is 0 Å². The minimum atomic E-state index is -0.121. The second-order valence-electron chi connectivity index (χ2n) is 5.06. The standard InChI is InChI=1S/C16H22N4O2/c1-19(10-6-12-22-2)16(21)18-15-8-4-3-7-14(15)13-20-11-5-9-17-20/h3-5,7-9,11H,6,10,12-13H2,1-2H3,(H,18,21). The lowest BCUT2D eigenvalue weighted by molar-refractivity contribution is 0.179. The van der Waals surface area contributed by atoms with Gasteiger partial charge in [0.1, 0.15) is 0 Å². The van der Waals surface area contributed by atoms with Gasteiger partial charge in [-0.1, -0.05) is 18.2 Å². The lowest BCUT2D eigenvalue weighted by Crippen LogP contribution is -2.33. The van der Waals surface area contributed by atoms with Gasteiger partial charge in [-0.15, -0.1) is 0 Å². The van der Waals surface area contributed by atoms with Crippen molar-refractivity contribution in [2.24, 2.45) is 0 Å². The zero-order valence-electron chi connectivity index (χ0n) is 13.0. The lowest BCUT2D eigenvalue weighted by atomic mass is 10.2. The number of benzene rings is 1. The predicted octanol–water partition coefficient (Wildman–Crippen LogP) is 2.43. The minimum Gasteiger partial charge on any atom is -0.385 e. The van der Waals surface area contributed by atoms with Crippen molar-refractivity contribution in [2.75, 3.05) is 32.6 Å². The predicted molar refractivity (Wildman–Crippen MR) is 85.9 cm³/mol. The zero-order chi connectivity index (χ0) is 15.8. The molecule has 0 unspecified atom stereocenters. The molecule has 6 nitrogen and oxygen atoms in total. The van der Waals surface area contributed by atoms with Gasteiger partial charge in [-0.25, -0.2) is 4.79 Å². The number of ether oxygens (including phenoxy) is 1. The van der Waals surface area contributed by atoms with E-state index in [9.17, 15) is 4.79 Å². The Morgan fingerprint density at radius 3 is 2.91 bits per heavy atom.